The summed E-state index contributed by atoms with van der Waals surface area (Å²) in [6.07, 6.45) is 4.76. The minimum absolute atomic E-state index is 0.498. The molecule has 0 atom stereocenters. The van der Waals surface area contributed by atoms with Crippen LogP contribution in [-0.2, 0) is 0 Å². The molecule has 1 rings (SSSR count). The minimum Gasteiger partial charge on any atom is -0.396 e. The Bertz CT molecular complexity index is 255. The molecule has 3 nitrogen and oxygen atoms in total. The van der Waals surface area contributed by atoms with Gasteiger partial charge in [0.15, 0.2) is 0 Å². The van der Waals surface area contributed by atoms with Crippen molar-refractivity contribution in [2.24, 2.45) is 0 Å². The SMILES string of the molecule is C=Cc1cncc(N)c1N. The number of hydrogen-bond donors (Lipinski definition) is 2. The Kier molecular flexibility index (Phi) is 1.58. The highest BCUT2D eigenvalue weighted by atomic mass is 14.7. The first kappa shape index (κ1) is 6.61. The Morgan fingerprint density at radius 1 is 1.40 bits per heavy atom. The first-order chi connectivity index (χ1) is 4.75. The van der Waals surface area contributed by atoms with Crippen LogP contribution >= 0.6 is 0 Å². The molecular weight excluding hydrogens is 126 g/mol. The van der Waals surface area contributed by atoms with Crippen molar-refractivity contribution in [1.82, 2.24) is 4.98 Å². The van der Waals surface area contributed by atoms with E-state index in [-0.39, 0.29) is 0 Å². The molecule has 0 saturated carbocycles. The quantitative estimate of drug-likeness (QED) is 0.601. The molecule has 0 saturated heterocycles. The van der Waals surface area contributed by atoms with Crippen molar-refractivity contribution in [3.63, 3.8) is 0 Å². The van der Waals surface area contributed by atoms with Crippen molar-refractivity contribution in [3.8, 4) is 0 Å². The maximum absolute atomic E-state index is 5.56. The van der Waals surface area contributed by atoms with Gasteiger partial charge in [-0.2, -0.15) is 0 Å². The molecule has 0 amide bonds. The monoisotopic (exact) mass is 135 g/mol. The second-order valence-electron chi connectivity index (χ2n) is 1.94. The van der Waals surface area contributed by atoms with E-state index >= 15 is 0 Å². The van der Waals surface area contributed by atoms with Gasteiger partial charge in [-0.3, -0.25) is 4.98 Å². The average molecular weight is 135 g/mol. The van der Waals surface area contributed by atoms with Gasteiger partial charge in [0.25, 0.3) is 0 Å². The van der Waals surface area contributed by atoms with Crippen LogP contribution in [0.2, 0.25) is 0 Å². The number of anilines is 2. The van der Waals surface area contributed by atoms with E-state index in [2.05, 4.69) is 11.6 Å². The summed E-state index contributed by atoms with van der Waals surface area (Å²) >= 11 is 0. The van der Waals surface area contributed by atoms with Crippen LogP contribution in [0.5, 0.6) is 0 Å². The molecule has 10 heavy (non-hydrogen) atoms. The fraction of sp³-hybridized carbons (Fsp3) is 0. The van der Waals surface area contributed by atoms with E-state index in [0.717, 1.165) is 5.56 Å². The van der Waals surface area contributed by atoms with Gasteiger partial charge in [-0.15, -0.1) is 0 Å². The average Bonchev–Trinajstić information content (AvgIpc) is 1.95. The largest absolute Gasteiger partial charge is 0.396 e. The number of nitrogens with zero attached hydrogens (tertiary/aromatic N) is 1. The molecular formula is C7H9N3. The maximum Gasteiger partial charge on any atom is 0.0740 e. The van der Waals surface area contributed by atoms with E-state index < -0.39 is 0 Å². The van der Waals surface area contributed by atoms with Crippen LogP contribution in [0.1, 0.15) is 5.56 Å². The fourth-order valence-electron chi connectivity index (χ4n) is 0.666. The third-order valence-corrected chi connectivity index (χ3v) is 1.27. The molecule has 0 spiro atoms. The lowest BCUT2D eigenvalue weighted by atomic mass is 10.2. The van der Waals surface area contributed by atoms with Gasteiger partial charge in [0.05, 0.1) is 17.6 Å². The van der Waals surface area contributed by atoms with Crippen LogP contribution in [0.15, 0.2) is 19.0 Å². The Hall–Kier alpha value is -1.51. The van der Waals surface area contributed by atoms with Crippen molar-refractivity contribution in [1.29, 1.82) is 0 Å². The molecule has 4 N–H and O–H groups in total. The zero-order valence-corrected chi connectivity index (χ0v) is 5.54. The van der Waals surface area contributed by atoms with E-state index in [1.54, 1.807) is 12.3 Å². The van der Waals surface area contributed by atoms with E-state index in [0.29, 0.717) is 11.4 Å². The predicted molar refractivity (Wildman–Crippen MR) is 43.2 cm³/mol. The zero-order valence-electron chi connectivity index (χ0n) is 5.54. The molecule has 0 aliphatic heterocycles. The zero-order chi connectivity index (χ0) is 7.56. The lowest BCUT2D eigenvalue weighted by Gasteiger charge is -2.00. The lowest BCUT2D eigenvalue weighted by Crippen LogP contribution is -1.97. The molecule has 1 aromatic heterocycles. The molecule has 1 aromatic rings. The second-order valence-corrected chi connectivity index (χ2v) is 1.94. The molecule has 0 aliphatic carbocycles. The second kappa shape index (κ2) is 2.39. The molecule has 1 heterocycles. The van der Waals surface area contributed by atoms with Gasteiger partial charge < -0.3 is 11.5 Å². The number of rotatable bonds is 1. The van der Waals surface area contributed by atoms with Gasteiger partial charge in [0.2, 0.25) is 0 Å². The van der Waals surface area contributed by atoms with Gasteiger partial charge >= 0.3 is 0 Å². The first-order valence-electron chi connectivity index (χ1n) is 2.87. The van der Waals surface area contributed by atoms with Crippen molar-refractivity contribution in [2.75, 3.05) is 11.5 Å². The normalized spacial score (nSPS) is 9.20. The van der Waals surface area contributed by atoms with Crippen molar-refractivity contribution in [3.05, 3.63) is 24.5 Å². The van der Waals surface area contributed by atoms with Crippen LogP contribution in [0, 0.1) is 0 Å². The molecule has 0 unspecified atom stereocenters. The summed E-state index contributed by atoms with van der Waals surface area (Å²) in [5, 5.41) is 0. The van der Waals surface area contributed by atoms with Crippen LogP contribution in [0.25, 0.3) is 6.08 Å². The summed E-state index contributed by atoms with van der Waals surface area (Å²) in [7, 11) is 0. The summed E-state index contributed by atoms with van der Waals surface area (Å²) < 4.78 is 0. The van der Waals surface area contributed by atoms with Gasteiger partial charge in [-0.05, 0) is 0 Å². The van der Waals surface area contributed by atoms with Crippen molar-refractivity contribution in [2.45, 2.75) is 0 Å². The topological polar surface area (TPSA) is 64.9 Å². The maximum atomic E-state index is 5.56. The van der Waals surface area contributed by atoms with Crippen molar-refractivity contribution < 1.29 is 0 Å². The van der Waals surface area contributed by atoms with Gasteiger partial charge in [0, 0.05) is 11.8 Å². The lowest BCUT2D eigenvalue weighted by molar-refractivity contribution is 1.32. The predicted octanol–water partition coefficient (Wildman–Crippen LogP) is 0.889. The standard InChI is InChI=1S/C7H9N3/c1-2-5-3-10-4-6(8)7(5)9/h2-4H,1,8H2,(H2,9,10). The summed E-state index contributed by atoms with van der Waals surface area (Å²) in [5.41, 5.74) is 12.8. The summed E-state index contributed by atoms with van der Waals surface area (Å²) in [6.45, 7) is 3.56. The minimum atomic E-state index is 0.498. The van der Waals surface area contributed by atoms with Crippen LogP contribution in [0.4, 0.5) is 11.4 Å². The smallest absolute Gasteiger partial charge is 0.0740 e. The molecule has 0 bridgehead atoms. The fourth-order valence-corrected chi connectivity index (χ4v) is 0.666. The molecule has 52 valence electrons. The molecule has 3 heteroatoms. The number of pyridine rings is 1. The van der Waals surface area contributed by atoms with Crippen molar-refractivity contribution >= 4 is 17.5 Å². The number of nitrogens with two attached hydrogens (primary N) is 2. The first-order valence-corrected chi connectivity index (χ1v) is 2.87. The summed E-state index contributed by atoms with van der Waals surface area (Å²) in [6, 6.07) is 0. The number of aromatic nitrogens is 1. The Balaban J connectivity index is 3.27. The van der Waals surface area contributed by atoms with Crippen LogP contribution in [-0.4, -0.2) is 4.98 Å². The Labute approximate surface area is 59.4 Å². The highest BCUT2D eigenvalue weighted by Crippen LogP contribution is 2.17. The van der Waals surface area contributed by atoms with Crippen LogP contribution in [0.3, 0.4) is 0 Å². The summed E-state index contributed by atoms with van der Waals surface area (Å²) in [4.78, 5) is 3.84. The van der Waals surface area contributed by atoms with Gasteiger partial charge in [-0.25, -0.2) is 0 Å². The molecule has 0 aliphatic rings. The number of nitrogen functional groups attached to an aromatic ring is 2. The van der Waals surface area contributed by atoms with Gasteiger partial charge in [0.1, 0.15) is 0 Å². The van der Waals surface area contributed by atoms with Crippen LogP contribution < -0.4 is 11.5 Å². The Morgan fingerprint density at radius 2 is 2.10 bits per heavy atom. The van der Waals surface area contributed by atoms with Gasteiger partial charge in [-0.1, -0.05) is 12.7 Å². The van der Waals surface area contributed by atoms with E-state index in [1.165, 1.54) is 6.20 Å². The highest BCUT2D eigenvalue weighted by Gasteiger charge is 1.96. The highest BCUT2D eigenvalue weighted by molar-refractivity contribution is 5.73. The van der Waals surface area contributed by atoms with E-state index in [4.69, 9.17) is 11.5 Å². The third kappa shape index (κ3) is 0.932. The van der Waals surface area contributed by atoms with E-state index in [9.17, 15) is 0 Å². The Morgan fingerprint density at radius 3 is 2.60 bits per heavy atom. The summed E-state index contributed by atoms with van der Waals surface area (Å²) in [5.74, 6) is 0. The molecule has 0 fully saturated rings. The molecule has 0 radical (unpaired) electrons. The number of hydrogen-bond acceptors (Lipinski definition) is 3. The molecule has 0 aromatic carbocycles. The van der Waals surface area contributed by atoms with E-state index in [1.807, 2.05) is 0 Å². The third-order valence-electron chi connectivity index (χ3n) is 1.27.